The van der Waals surface area contributed by atoms with Crippen LogP contribution in [0, 0.1) is 5.92 Å². The number of hydrogen-bond acceptors (Lipinski definition) is 4. The molecular formula is C32H35BrN3O4+. The van der Waals surface area contributed by atoms with Crippen molar-refractivity contribution < 1.29 is 23.6 Å². The number of benzene rings is 3. The number of aromatic nitrogens is 1. The van der Waals surface area contributed by atoms with E-state index in [1.165, 1.54) is 0 Å². The number of hydrogen-bond donors (Lipinski definition) is 1. The lowest BCUT2D eigenvalue weighted by molar-refractivity contribution is -0.698. The van der Waals surface area contributed by atoms with Gasteiger partial charge in [-0.1, -0.05) is 68.4 Å². The van der Waals surface area contributed by atoms with Crippen LogP contribution in [0.1, 0.15) is 30.6 Å². The second-order valence-electron chi connectivity index (χ2n) is 9.84. The van der Waals surface area contributed by atoms with Crippen LogP contribution < -0.4 is 19.5 Å². The molecule has 0 atom stereocenters. The summed E-state index contributed by atoms with van der Waals surface area (Å²) in [4.78, 5) is 27.6. The fourth-order valence-corrected chi connectivity index (χ4v) is 4.80. The molecule has 1 aromatic heterocycles. The second kappa shape index (κ2) is 14.5. The lowest BCUT2D eigenvalue weighted by Crippen LogP contribution is -2.41. The van der Waals surface area contributed by atoms with Gasteiger partial charge in [-0.15, -0.1) is 0 Å². The molecule has 0 saturated heterocycles. The third kappa shape index (κ3) is 8.29. The van der Waals surface area contributed by atoms with Gasteiger partial charge in [-0.2, -0.15) is 0 Å². The average Bonchev–Trinajstić information content (AvgIpc) is 2.96. The lowest BCUT2D eigenvalue weighted by atomic mass is 10.1. The Bertz CT molecular complexity index is 1420. The monoisotopic (exact) mass is 604 g/mol. The highest BCUT2D eigenvalue weighted by Crippen LogP contribution is 2.25. The molecule has 0 bridgehead atoms. The molecule has 208 valence electrons. The largest absolute Gasteiger partial charge is 0.489 e. The van der Waals surface area contributed by atoms with Gasteiger partial charge >= 0.3 is 6.09 Å². The number of nitrogens with one attached hydrogen (secondary N) is 1. The molecule has 0 radical (unpaired) electrons. The van der Waals surface area contributed by atoms with Crippen molar-refractivity contribution in [3.05, 3.63) is 101 Å². The number of rotatable bonds is 12. The van der Waals surface area contributed by atoms with Gasteiger partial charge in [-0.05, 0) is 51.5 Å². The maximum Gasteiger partial charge on any atom is 0.407 e. The van der Waals surface area contributed by atoms with E-state index in [4.69, 9.17) is 9.47 Å². The summed E-state index contributed by atoms with van der Waals surface area (Å²) in [6.45, 7) is 6.02. The molecule has 40 heavy (non-hydrogen) atoms. The van der Waals surface area contributed by atoms with E-state index in [9.17, 15) is 9.59 Å². The molecule has 0 saturated carbocycles. The predicted molar refractivity (Wildman–Crippen MR) is 161 cm³/mol. The van der Waals surface area contributed by atoms with Crippen LogP contribution in [-0.2, 0) is 11.3 Å². The van der Waals surface area contributed by atoms with E-state index in [-0.39, 0.29) is 32.2 Å². The van der Waals surface area contributed by atoms with Gasteiger partial charge in [-0.25, -0.2) is 9.36 Å². The first-order chi connectivity index (χ1) is 19.4. The first kappa shape index (κ1) is 29.1. The number of anilines is 1. The number of para-hydroxylation sites is 1. The Labute approximate surface area is 243 Å². The summed E-state index contributed by atoms with van der Waals surface area (Å²) in [5.74, 6) is 1.16. The van der Waals surface area contributed by atoms with Crippen LogP contribution in [0.3, 0.4) is 0 Å². The van der Waals surface area contributed by atoms with Gasteiger partial charge < -0.3 is 19.7 Å². The smallest absolute Gasteiger partial charge is 0.407 e. The minimum Gasteiger partial charge on any atom is -0.489 e. The molecular weight excluding hydrogens is 570 g/mol. The fourth-order valence-electron chi connectivity index (χ4n) is 4.29. The van der Waals surface area contributed by atoms with Crippen LogP contribution in [-0.4, -0.2) is 38.3 Å². The summed E-state index contributed by atoms with van der Waals surface area (Å²) in [7, 11) is 0. The van der Waals surface area contributed by atoms with Crippen molar-refractivity contribution in [3.8, 4) is 5.75 Å². The number of pyridine rings is 1. The van der Waals surface area contributed by atoms with Crippen LogP contribution in [0.2, 0.25) is 0 Å². The Morgan fingerprint density at radius 2 is 1.70 bits per heavy atom. The van der Waals surface area contributed by atoms with Crippen molar-refractivity contribution in [1.29, 1.82) is 0 Å². The maximum absolute atomic E-state index is 13.6. The summed E-state index contributed by atoms with van der Waals surface area (Å²) in [6.07, 6.45) is 4.31. The van der Waals surface area contributed by atoms with Gasteiger partial charge in [-0.3, -0.25) is 4.79 Å². The van der Waals surface area contributed by atoms with Crippen molar-refractivity contribution in [2.75, 3.05) is 31.2 Å². The van der Waals surface area contributed by atoms with Crippen molar-refractivity contribution in [2.45, 2.75) is 26.8 Å². The Morgan fingerprint density at radius 3 is 2.50 bits per heavy atom. The summed E-state index contributed by atoms with van der Waals surface area (Å²) in [5, 5.41) is 4.85. The fraction of sp³-hybridized carbons (Fsp3) is 0.281. The van der Waals surface area contributed by atoms with E-state index < -0.39 is 6.09 Å². The number of amides is 2. The van der Waals surface area contributed by atoms with Crippen molar-refractivity contribution in [3.63, 3.8) is 0 Å². The molecule has 2 amide bonds. The molecule has 8 heteroatoms. The number of alkyl carbamates (subject to hydrolysis) is 1. The Hall–Kier alpha value is -3.91. The molecule has 4 aromatic rings. The van der Waals surface area contributed by atoms with Crippen molar-refractivity contribution in [1.82, 2.24) is 5.32 Å². The highest BCUT2D eigenvalue weighted by Gasteiger charge is 2.21. The SMILES string of the molecule is CC(C)CC[n+]1cc(Br)cc(C(=O)N(CCNC(=O)OCCOc2cccc3ccccc23)c2ccccc2)c1. The number of carbonyl (C=O) groups excluding carboxylic acids is 2. The molecule has 0 aliphatic rings. The lowest BCUT2D eigenvalue weighted by Gasteiger charge is -2.23. The van der Waals surface area contributed by atoms with E-state index in [1.54, 1.807) is 4.90 Å². The highest BCUT2D eigenvalue weighted by atomic mass is 79.9. The maximum atomic E-state index is 13.6. The van der Waals surface area contributed by atoms with Gasteiger partial charge in [0.2, 0.25) is 0 Å². The Morgan fingerprint density at radius 1 is 0.950 bits per heavy atom. The van der Waals surface area contributed by atoms with Gasteiger partial charge in [0, 0.05) is 30.6 Å². The minimum absolute atomic E-state index is 0.102. The molecule has 1 N–H and O–H groups in total. The van der Waals surface area contributed by atoms with Crippen LogP contribution in [0.15, 0.2) is 95.7 Å². The Balaban J connectivity index is 1.31. The molecule has 0 aliphatic carbocycles. The topological polar surface area (TPSA) is 71.8 Å². The first-order valence-electron chi connectivity index (χ1n) is 13.5. The van der Waals surface area contributed by atoms with Gasteiger partial charge in [0.25, 0.3) is 5.91 Å². The standard InChI is InChI=1S/C32H34BrN3O4/c1-24(2)15-17-35-22-26(21-27(33)23-35)31(37)36(28-11-4-3-5-12-28)18-16-34-32(38)40-20-19-39-30-14-8-10-25-9-6-7-13-29(25)30/h3-14,21-24H,15-20H2,1-2H3/p+1. The predicted octanol–water partition coefficient (Wildman–Crippen LogP) is 6.39. The van der Waals surface area contributed by atoms with E-state index in [1.807, 2.05) is 95.8 Å². The molecule has 0 fully saturated rings. The summed E-state index contributed by atoms with van der Waals surface area (Å²) in [5.41, 5.74) is 1.31. The van der Waals surface area contributed by atoms with Crippen LogP contribution in [0.5, 0.6) is 5.75 Å². The van der Waals surface area contributed by atoms with Crippen LogP contribution in [0.25, 0.3) is 10.8 Å². The number of ether oxygens (including phenoxy) is 2. The van der Waals surface area contributed by atoms with Gasteiger partial charge in [0.1, 0.15) is 31.1 Å². The van der Waals surface area contributed by atoms with Gasteiger partial charge in [0.15, 0.2) is 12.4 Å². The van der Waals surface area contributed by atoms with Crippen LogP contribution in [0.4, 0.5) is 10.5 Å². The van der Waals surface area contributed by atoms with Crippen molar-refractivity contribution >= 4 is 44.4 Å². The average molecular weight is 606 g/mol. The molecule has 3 aromatic carbocycles. The molecule has 0 unspecified atom stereocenters. The molecule has 0 spiro atoms. The normalized spacial score (nSPS) is 10.9. The molecule has 4 rings (SSSR count). The van der Waals surface area contributed by atoms with E-state index in [0.29, 0.717) is 11.5 Å². The summed E-state index contributed by atoms with van der Waals surface area (Å²) >= 11 is 3.55. The zero-order valence-electron chi connectivity index (χ0n) is 22.9. The number of aryl methyl sites for hydroxylation is 1. The minimum atomic E-state index is -0.559. The third-order valence-corrected chi connectivity index (χ3v) is 6.77. The molecule has 0 aliphatic heterocycles. The number of carbonyl (C=O) groups is 2. The van der Waals surface area contributed by atoms with E-state index in [2.05, 4.69) is 35.1 Å². The number of fused-ring (bicyclic) bond motifs is 1. The zero-order valence-corrected chi connectivity index (χ0v) is 24.5. The summed E-state index contributed by atoms with van der Waals surface area (Å²) < 4.78 is 14.0. The second-order valence-corrected chi connectivity index (χ2v) is 10.8. The molecule has 1 heterocycles. The quantitative estimate of drug-likeness (QED) is 0.150. The zero-order chi connectivity index (χ0) is 28.3. The van der Waals surface area contributed by atoms with E-state index >= 15 is 0 Å². The highest BCUT2D eigenvalue weighted by molar-refractivity contribution is 9.10. The molecule has 7 nitrogen and oxygen atoms in total. The van der Waals surface area contributed by atoms with E-state index in [0.717, 1.165) is 39.6 Å². The van der Waals surface area contributed by atoms with Crippen molar-refractivity contribution in [2.24, 2.45) is 5.92 Å². The Kier molecular flexibility index (Phi) is 10.5. The third-order valence-electron chi connectivity index (χ3n) is 6.34. The van der Waals surface area contributed by atoms with Crippen LogP contribution >= 0.6 is 15.9 Å². The first-order valence-corrected chi connectivity index (χ1v) is 14.3. The summed E-state index contributed by atoms with van der Waals surface area (Å²) in [6, 6.07) is 25.1. The number of nitrogens with zero attached hydrogens (tertiary/aromatic N) is 2. The number of halogens is 1. The van der Waals surface area contributed by atoms with Gasteiger partial charge in [0.05, 0.1) is 4.47 Å².